The predicted molar refractivity (Wildman–Crippen MR) is 105 cm³/mol. The van der Waals surface area contributed by atoms with Gasteiger partial charge in [-0.1, -0.05) is 22.9 Å². The van der Waals surface area contributed by atoms with Crippen molar-refractivity contribution in [3.8, 4) is 10.6 Å². The van der Waals surface area contributed by atoms with Crippen LogP contribution < -0.4 is 5.32 Å². The predicted octanol–water partition coefficient (Wildman–Crippen LogP) is 4.24. The van der Waals surface area contributed by atoms with Gasteiger partial charge in [-0.05, 0) is 48.5 Å². The minimum atomic E-state index is -0.0588. The molecule has 0 saturated heterocycles. The number of fused-ring (bicyclic) bond motifs is 1. The van der Waals surface area contributed by atoms with E-state index in [0.29, 0.717) is 10.8 Å². The summed E-state index contributed by atoms with van der Waals surface area (Å²) in [5.74, 6) is 0.275. The Balaban J connectivity index is 1.36. The Hall–Kier alpha value is -2.42. The molecule has 1 N–H and O–H groups in total. The summed E-state index contributed by atoms with van der Waals surface area (Å²) in [7, 11) is 0. The van der Waals surface area contributed by atoms with Crippen LogP contribution in [0.4, 0.5) is 5.69 Å². The maximum atomic E-state index is 12.1. The van der Waals surface area contributed by atoms with Crippen molar-refractivity contribution in [2.24, 2.45) is 0 Å². The number of aromatic nitrogens is 4. The first kappa shape index (κ1) is 17.0. The molecule has 6 nitrogen and oxygen atoms in total. The Kier molecular flexibility index (Phi) is 4.87. The molecule has 0 aliphatic rings. The summed E-state index contributed by atoms with van der Waals surface area (Å²) in [4.78, 5) is 13.9. The van der Waals surface area contributed by atoms with Crippen molar-refractivity contribution >= 4 is 51.3 Å². The van der Waals surface area contributed by atoms with Crippen LogP contribution in [0.2, 0.25) is 5.02 Å². The quantitative estimate of drug-likeness (QED) is 0.506. The minimum absolute atomic E-state index is 0.0588. The molecule has 26 heavy (non-hydrogen) atoms. The van der Waals surface area contributed by atoms with Gasteiger partial charge in [0.25, 0.3) is 0 Å². The molecule has 0 bridgehead atoms. The van der Waals surface area contributed by atoms with Crippen LogP contribution in [0, 0.1) is 0 Å². The Morgan fingerprint density at radius 1 is 1.15 bits per heavy atom. The molecule has 4 rings (SSSR count). The van der Waals surface area contributed by atoms with E-state index < -0.39 is 0 Å². The number of hydrogen-bond donors (Lipinski definition) is 1. The van der Waals surface area contributed by atoms with Gasteiger partial charge in [-0.2, -0.15) is 9.61 Å². The maximum absolute atomic E-state index is 12.1. The molecule has 0 radical (unpaired) electrons. The maximum Gasteiger partial charge on any atom is 0.234 e. The zero-order valence-electron chi connectivity index (χ0n) is 13.3. The van der Waals surface area contributed by atoms with Gasteiger partial charge in [0, 0.05) is 21.2 Å². The van der Waals surface area contributed by atoms with Gasteiger partial charge in [0.15, 0.2) is 0 Å². The van der Waals surface area contributed by atoms with Crippen molar-refractivity contribution in [2.75, 3.05) is 11.1 Å². The third kappa shape index (κ3) is 3.87. The Morgan fingerprint density at radius 3 is 2.65 bits per heavy atom. The lowest BCUT2D eigenvalue weighted by Gasteiger charge is -2.06. The first-order chi connectivity index (χ1) is 12.7. The first-order valence-electron chi connectivity index (χ1n) is 7.63. The Morgan fingerprint density at radius 2 is 1.92 bits per heavy atom. The summed E-state index contributed by atoms with van der Waals surface area (Å²) in [6.07, 6.45) is 1.57. The van der Waals surface area contributed by atoms with Crippen molar-refractivity contribution < 1.29 is 4.79 Å². The lowest BCUT2D eigenvalue weighted by Crippen LogP contribution is -2.13. The van der Waals surface area contributed by atoms with Gasteiger partial charge in [0.1, 0.15) is 11.3 Å². The molecule has 2 aromatic heterocycles. The highest BCUT2D eigenvalue weighted by Gasteiger charge is 2.08. The second-order valence-electron chi connectivity index (χ2n) is 5.33. The van der Waals surface area contributed by atoms with Crippen LogP contribution in [-0.4, -0.2) is 31.5 Å². The van der Waals surface area contributed by atoms with Crippen LogP contribution in [0.5, 0.6) is 0 Å². The Bertz CT molecular complexity index is 1010. The number of hydrogen-bond acceptors (Lipinski definition) is 6. The van der Waals surface area contributed by atoms with E-state index in [-0.39, 0.29) is 5.91 Å². The topological polar surface area (TPSA) is 72.2 Å². The van der Waals surface area contributed by atoms with Crippen LogP contribution in [0.25, 0.3) is 15.5 Å². The standard InChI is InChI=1S/C17H12ClN5OS2/c18-12-3-7-14(8-4-12)25-9-15(24)20-13-5-1-11(2-6-13)16-22-23-10-19-21-17(23)26-16/h1-8,10H,9H2,(H,20,24). The average molecular weight is 402 g/mol. The van der Waals surface area contributed by atoms with Gasteiger partial charge in [-0.25, -0.2) is 0 Å². The SMILES string of the molecule is O=C(CSc1ccc(Cl)cc1)Nc1ccc(-c2nn3cnnc3s2)cc1. The molecule has 9 heteroatoms. The molecule has 0 aliphatic heterocycles. The first-order valence-corrected chi connectivity index (χ1v) is 9.81. The van der Waals surface area contributed by atoms with Gasteiger partial charge >= 0.3 is 0 Å². The van der Waals surface area contributed by atoms with E-state index in [1.165, 1.54) is 23.1 Å². The van der Waals surface area contributed by atoms with E-state index in [0.717, 1.165) is 26.1 Å². The van der Waals surface area contributed by atoms with Crippen LogP contribution in [0.3, 0.4) is 0 Å². The van der Waals surface area contributed by atoms with Crippen molar-refractivity contribution in [2.45, 2.75) is 4.90 Å². The lowest BCUT2D eigenvalue weighted by molar-refractivity contribution is -0.113. The monoisotopic (exact) mass is 401 g/mol. The van der Waals surface area contributed by atoms with E-state index in [2.05, 4.69) is 20.6 Å². The molecule has 0 aliphatic carbocycles. The summed E-state index contributed by atoms with van der Waals surface area (Å²) in [5, 5.41) is 16.6. The highest BCUT2D eigenvalue weighted by Crippen LogP contribution is 2.26. The van der Waals surface area contributed by atoms with E-state index in [1.54, 1.807) is 10.8 Å². The Labute approximate surface area is 162 Å². The smallest absolute Gasteiger partial charge is 0.234 e. The fraction of sp³-hybridized carbons (Fsp3) is 0.0588. The molecule has 1 amide bonds. The van der Waals surface area contributed by atoms with Gasteiger partial charge < -0.3 is 5.32 Å². The largest absolute Gasteiger partial charge is 0.325 e. The summed E-state index contributed by atoms with van der Waals surface area (Å²) in [6.45, 7) is 0. The van der Waals surface area contributed by atoms with Crippen LogP contribution in [0.15, 0.2) is 59.8 Å². The molecule has 0 fully saturated rings. The molecule has 2 heterocycles. The van der Waals surface area contributed by atoms with Crippen molar-refractivity contribution in [1.82, 2.24) is 19.8 Å². The van der Waals surface area contributed by atoms with Crippen molar-refractivity contribution in [1.29, 1.82) is 0 Å². The molecular formula is C17H12ClN5OS2. The van der Waals surface area contributed by atoms with Gasteiger partial charge in [0.05, 0.1) is 5.75 Å². The number of amides is 1. The molecular weight excluding hydrogens is 390 g/mol. The van der Waals surface area contributed by atoms with Crippen LogP contribution in [-0.2, 0) is 4.79 Å². The van der Waals surface area contributed by atoms with Crippen LogP contribution in [0.1, 0.15) is 0 Å². The number of halogens is 1. The summed E-state index contributed by atoms with van der Waals surface area (Å²) < 4.78 is 1.64. The fourth-order valence-corrected chi connectivity index (χ4v) is 3.90. The third-order valence-corrected chi connectivity index (χ3v) is 5.71. The molecule has 0 saturated carbocycles. The number of nitrogens with zero attached hydrogens (tertiary/aromatic N) is 4. The van der Waals surface area contributed by atoms with Crippen molar-refractivity contribution in [3.05, 3.63) is 59.9 Å². The van der Waals surface area contributed by atoms with Gasteiger partial charge in [0.2, 0.25) is 10.9 Å². The van der Waals surface area contributed by atoms with Gasteiger partial charge in [-0.15, -0.1) is 22.0 Å². The van der Waals surface area contributed by atoms with Crippen molar-refractivity contribution in [3.63, 3.8) is 0 Å². The normalized spacial score (nSPS) is 11.0. The number of benzene rings is 2. The number of anilines is 1. The number of thioether (sulfide) groups is 1. The minimum Gasteiger partial charge on any atom is -0.325 e. The van der Waals surface area contributed by atoms with E-state index in [4.69, 9.17) is 11.6 Å². The second kappa shape index (κ2) is 7.45. The fourth-order valence-electron chi connectivity index (χ4n) is 2.25. The van der Waals surface area contributed by atoms with E-state index in [1.807, 2.05) is 48.5 Å². The lowest BCUT2D eigenvalue weighted by atomic mass is 10.2. The summed E-state index contributed by atoms with van der Waals surface area (Å²) in [5.41, 5.74) is 1.72. The summed E-state index contributed by atoms with van der Waals surface area (Å²) >= 11 is 8.78. The highest BCUT2D eigenvalue weighted by atomic mass is 35.5. The zero-order valence-corrected chi connectivity index (χ0v) is 15.7. The number of carbonyl (C=O) groups is 1. The van der Waals surface area contributed by atoms with E-state index >= 15 is 0 Å². The molecule has 0 atom stereocenters. The van der Waals surface area contributed by atoms with Crippen LogP contribution >= 0.6 is 34.7 Å². The molecule has 2 aromatic carbocycles. The second-order valence-corrected chi connectivity index (χ2v) is 7.77. The highest BCUT2D eigenvalue weighted by molar-refractivity contribution is 8.00. The average Bonchev–Trinajstić information content (AvgIpc) is 3.24. The number of rotatable bonds is 5. The number of carbonyl (C=O) groups excluding carboxylic acids is 1. The molecule has 0 spiro atoms. The summed E-state index contributed by atoms with van der Waals surface area (Å²) in [6, 6.07) is 15.0. The third-order valence-electron chi connectivity index (χ3n) is 3.49. The van der Waals surface area contributed by atoms with Gasteiger partial charge in [-0.3, -0.25) is 4.79 Å². The molecule has 4 aromatic rings. The molecule has 130 valence electrons. The number of nitrogens with one attached hydrogen (secondary N) is 1. The zero-order chi connectivity index (χ0) is 17.9. The molecule has 0 unspecified atom stereocenters. The van der Waals surface area contributed by atoms with E-state index in [9.17, 15) is 4.79 Å².